The molecule has 0 aliphatic heterocycles. The van der Waals surface area contributed by atoms with Crippen LogP contribution in [0.1, 0.15) is 39.0 Å². The van der Waals surface area contributed by atoms with Gasteiger partial charge in [0.25, 0.3) is 0 Å². The number of aliphatic hydroxyl groups excluding tert-OH is 1. The normalized spacial score (nSPS) is 18.0. The molecule has 1 fully saturated rings. The minimum Gasteiger partial charge on any atom is -0.497 e. The summed E-state index contributed by atoms with van der Waals surface area (Å²) < 4.78 is 5.09. The summed E-state index contributed by atoms with van der Waals surface area (Å²) in [4.78, 5) is 12.1. The van der Waals surface area contributed by atoms with Crippen LogP contribution in [0.4, 0.5) is 5.69 Å². The smallest absolute Gasteiger partial charge is 0.225 e. The van der Waals surface area contributed by atoms with Crippen molar-refractivity contribution >= 4 is 11.6 Å². The van der Waals surface area contributed by atoms with E-state index in [2.05, 4.69) is 10.6 Å². The summed E-state index contributed by atoms with van der Waals surface area (Å²) in [6.07, 6.45) is 4.62. The summed E-state index contributed by atoms with van der Waals surface area (Å²) >= 11 is 0. The van der Waals surface area contributed by atoms with Gasteiger partial charge in [-0.3, -0.25) is 4.79 Å². The lowest BCUT2D eigenvalue weighted by molar-refractivity contribution is -0.116. The van der Waals surface area contributed by atoms with Gasteiger partial charge in [-0.2, -0.15) is 0 Å². The Labute approximate surface area is 132 Å². The van der Waals surface area contributed by atoms with Crippen LogP contribution in [0, 0.1) is 0 Å². The number of hydrogen-bond donors (Lipinski definition) is 3. The molecule has 5 nitrogen and oxygen atoms in total. The first-order valence-corrected chi connectivity index (χ1v) is 7.89. The summed E-state index contributed by atoms with van der Waals surface area (Å²) in [6, 6.07) is 7.30. The molecule has 1 unspecified atom stereocenters. The third-order valence-electron chi connectivity index (χ3n) is 4.28. The highest BCUT2D eigenvalue weighted by molar-refractivity contribution is 5.91. The number of aliphatic hydroxyl groups is 1. The van der Waals surface area contributed by atoms with Gasteiger partial charge < -0.3 is 20.5 Å². The lowest BCUT2D eigenvalue weighted by Crippen LogP contribution is -2.51. The van der Waals surface area contributed by atoms with Gasteiger partial charge in [0.1, 0.15) is 5.75 Å². The second-order valence-corrected chi connectivity index (χ2v) is 6.17. The molecule has 0 saturated heterocycles. The number of benzene rings is 1. The van der Waals surface area contributed by atoms with Crippen molar-refractivity contribution in [2.24, 2.45) is 0 Å². The number of carbonyl (C=O) groups excluding carboxylic acids is 1. The molecule has 0 bridgehead atoms. The van der Waals surface area contributed by atoms with E-state index in [0.717, 1.165) is 37.1 Å². The molecule has 0 aromatic heterocycles. The van der Waals surface area contributed by atoms with E-state index in [1.165, 1.54) is 0 Å². The molecule has 5 heteroatoms. The summed E-state index contributed by atoms with van der Waals surface area (Å²) in [5.74, 6) is 0.732. The monoisotopic (exact) mass is 306 g/mol. The Morgan fingerprint density at radius 1 is 1.32 bits per heavy atom. The Hall–Kier alpha value is -1.59. The Kier molecular flexibility index (Phi) is 5.80. The average Bonchev–Trinajstić information content (AvgIpc) is 2.96. The third-order valence-corrected chi connectivity index (χ3v) is 4.28. The lowest BCUT2D eigenvalue weighted by Gasteiger charge is -2.31. The summed E-state index contributed by atoms with van der Waals surface area (Å²) in [5.41, 5.74) is 0.565. The minimum absolute atomic E-state index is 0.0310. The van der Waals surface area contributed by atoms with E-state index in [1.54, 1.807) is 7.11 Å². The number of nitrogens with one attached hydrogen (secondary N) is 2. The van der Waals surface area contributed by atoms with Crippen molar-refractivity contribution in [3.63, 3.8) is 0 Å². The third kappa shape index (κ3) is 4.45. The molecule has 1 amide bonds. The zero-order valence-corrected chi connectivity index (χ0v) is 13.4. The first-order valence-electron chi connectivity index (χ1n) is 7.89. The second kappa shape index (κ2) is 7.61. The number of carbonyl (C=O) groups is 1. The van der Waals surface area contributed by atoms with Crippen molar-refractivity contribution in [3.8, 4) is 5.75 Å². The molecule has 0 spiro atoms. The number of rotatable bonds is 7. The first kappa shape index (κ1) is 16.8. The van der Waals surface area contributed by atoms with Crippen molar-refractivity contribution in [1.29, 1.82) is 0 Å². The maximum absolute atomic E-state index is 12.1. The molecule has 122 valence electrons. The SMILES string of the molecule is COc1ccc(NC(=O)CC(C)NC2(CO)CCCC2)cc1. The predicted octanol–water partition coefficient (Wildman–Crippen LogP) is 2.31. The lowest BCUT2D eigenvalue weighted by atomic mass is 9.97. The second-order valence-electron chi connectivity index (χ2n) is 6.17. The van der Waals surface area contributed by atoms with Crippen LogP contribution in [-0.2, 0) is 4.79 Å². The van der Waals surface area contributed by atoms with Crippen molar-refractivity contribution in [3.05, 3.63) is 24.3 Å². The van der Waals surface area contributed by atoms with Crippen LogP contribution in [0.25, 0.3) is 0 Å². The molecule has 3 N–H and O–H groups in total. The van der Waals surface area contributed by atoms with Gasteiger partial charge in [0.2, 0.25) is 5.91 Å². The number of methoxy groups -OCH3 is 1. The molecular formula is C17H26N2O3. The Bertz CT molecular complexity index is 481. The first-order chi connectivity index (χ1) is 10.6. The quantitative estimate of drug-likeness (QED) is 0.723. The molecular weight excluding hydrogens is 280 g/mol. The van der Waals surface area contributed by atoms with E-state index in [1.807, 2.05) is 31.2 Å². The van der Waals surface area contributed by atoms with Gasteiger partial charge in [-0.1, -0.05) is 12.8 Å². The van der Waals surface area contributed by atoms with Crippen LogP contribution < -0.4 is 15.4 Å². The van der Waals surface area contributed by atoms with E-state index < -0.39 is 0 Å². The molecule has 0 radical (unpaired) electrons. The van der Waals surface area contributed by atoms with Crippen LogP contribution in [-0.4, -0.2) is 36.3 Å². The number of ether oxygens (including phenoxy) is 1. The Balaban J connectivity index is 1.82. The standard InChI is InChI=1S/C17H26N2O3/c1-13(19-17(12-20)9-3-4-10-17)11-16(21)18-14-5-7-15(22-2)8-6-14/h5-8,13,19-20H,3-4,9-12H2,1-2H3,(H,18,21). The maximum atomic E-state index is 12.1. The molecule has 1 atom stereocenters. The molecule has 1 saturated carbocycles. The van der Waals surface area contributed by atoms with Crippen LogP contribution in [0.15, 0.2) is 24.3 Å². The topological polar surface area (TPSA) is 70.6 Å². The molecule has 0 heterocycles. The van der Waals surface area contributed by atoms with Gasteiger partial charge in [-0.15, -0.1) is 0 Å². The molecule has 1 aliphatic rings. The van der Waals surface area contributed by atoms with E-state index in [4.69, 9.17) is 4.74 Å². The van der Waals surface area contributed by atoms with Crippen LogP contribution in [0.2, 0.25) is 0 Å². The largest absolute Gasteiger partial charge is 0.497 e. The van der Waals surface area contributed by atoms with Gasteiger partial charge in [0.15, 0.2) is 0 Å². The fourth-order valence-electron chi connectivity index (χ4n) is 3.14. The zero-order valence-electron chi connectivity index (χ0n) is 13.4. The van der Waals surface area contributed by atoms with Gasteiger partial charge in [-0.25, -0.2) is 0 Å². The van der Waals surface area contributed by atoms with Gasteiger partial charge in [-0.05, 0) is 44.0 Å². The van der Waals surface area contributed by atoms with Gasteiger partial charge >= 0.3 is 0 Å². The van der Waals surface area contributed by atoms with Crippen LogP contribution in [0.3, 0.4) is 0 Å². The highest BCUT2D eigenvalue weighted by atomic mass is 16.5. The fourth-order valence-corrected chi connectivity index (χ4v) is 3.14. The van der Waals surface area contributed by atoms with Crippen molar-refractivity contribution in [2.75, 3.05) is 19.0 Å². The average molecular weight is 306 g/mol. The fraction of sp³-hybridized carbons (Fsp3) is 0.588. The van der Waals surface area contributed by atoms with Crippen molar-refractivity contribution in [2.45, 2.75) is 50.6 Å². The Morgan fingerprint density at radius 2 is 1.95 bits per heavy atom. The van der Waals surface area contributed by atoms with E-state index in [9.17, 15) is 9.90 Å². The minimum atomic E-state index is -0.195. The van der Waals surface area contributed by atoms with Gasteiger partial charge in [0.05, 0.1) is 13.7 Å². The molecule has 1 aliphatic carbocycles. The number of hydrogen-bond acceptors (Lipinski definition) is 4. The van der Waals surface area contributed by atoms with Crippen LogP contribution in [0.5, 0.6) is 5.75 Å². The van der Waals surface area contributed by atoms with Gasteiger partial charge in [0, 0.05) is 23.7 Å². The summed E-state index contributed by atoms with van der Waals surface area (Å²) in [6.45, 7) is 2.13. The number of anilines is 1. The highest BCUT2D eigenvalue weighted by Crippen LogP contribution is 2.29. The maximum Gasteiger partial charge on any atom is 0.225 e. The molecule has 1 aromatic carbocycles. The Morgan fingerprint density at radius 3 is 2.50 bits per heavy atom. The highest BCUT2D eigenvalue weighted by Gasteiger charge is 2.34. The molecule has 1 aromatic rings. The van der Waals surface area contributed by atoms with E-state index in [0.29, 0.717) is 6.42 Å². The summed E-state index contributed by atoms with van der Waals surface area (Å²) in [7, 11) is 1.61. The predicted molar refractivity (Wildman–Crippen MR) is 87.1 cm³/mol. The van der Waals surface area contributed by atoms with Crippen molar-refractivity contribution < 1.29 is 14.6 Å². The van der Waals surface area contributed by atoms with Crippen LogP contribution >= 0.6 is 0 Å². The zero-order chi connectivity index (χ0) is 16.0. The van der Waals surface area contributed by atoms with E-state index in [-0.39, 0.29) is 24.1 Å². The number of amides is 1. The molecule has 2 rings (SSSR count). The molecule has 22 heavy (non-hydrogen) atoms. The summed E-state index contributed by atoms with van der Waals surface area (Å²) in [5, 5.41) is 15.9. The van der Waals surface area contributed by atoms with Crippen molar-refractivity contribution in [1.82, 2.24) is 5.32 Å². The van der Waals surface area contributed by atoms with E-state index >= 15 is 0 Å².